The van der Waals surface area contributed by atoms with Crippen molar-refractivity contribution in [2.75, 3.05) is 6.61 Å². The fourth-order valence-corrected chi connectivity index (χ4v) is 3.33. The third-order valence-corrected chi connectivity index (χ3v) is 5.25. The first-order chi connectivity index (χ1) is 13.6. The molecule has 160 valence electrons. The Kier molecular flexibility index (Phi) is 5.80. The predicted octanol–water partition coefficient (Wildman–Crippen LogP) is 4.68. The molecule has 1 fully saturated rings. The zero-order valence-electron chi connectivity index (χ0n) is 16.7. The van der Waals surface area contributed by atoms with E-state index in [1.807, 2.05) is 0 Å². The van der Waals surface area contributed by atoms with E-state index in [1.54, 1.807) is 0 Å². The summed E-state index contributed by atoms with van der Waals surface area (Å²) in [5.41, 5.74) is -0.165. The molecule has 1 aliphatic rings. The summed E-state index contributed by atoms with van der Waals surface area (Å²) in [5, 5.41) is 26.2. The van der Waals surface area contributed by atoms with Gasteiger partial charge in [-0.15, -0.1) is 0 Å². The third-order valence-electron chi connectivity index (χ3n) is 5.25. The van der Waals surface area contributed by atoms with Gasteiger partial charge in [0.25, 0.3) is 0 Å². The van der Waals surface area contributed by atoms with E-state index in [1.165, 1.54) is 26.8 Å². The van der Waals surface area contributed by atoms with Crippen LogP contribution in [0.2, 0.25) is 0 Å². The summed E-state index contributed by atoms with van der Waals surface area (Å²) in [6, 6.07) is 1.18. The molecule has 0 aromatic carbocycles. The SMILES string of the molecule is CC(C)(C)C(F)(F)c1cc(-c2noc([C@@H](CCCO)CC(=O)O)c2C2CC2)no1. The summed E-state index contributed by atoms with van der Waals surface area (Å²) in [7, 11) is 0. The lowest BCUT2D eigenvalue weighted by Gasteiger charge is -2.27. The molecule has 2 aromatic heterocycles. The second-order valence-corrected chi connectivity index (χ2v) is 8.64. The normalized spacial score (nSPS) is 16.2. The molecule has 2 aromatic rings. The van der Waals surface area contributed by atoms with Gasteiger partial charge in [0, 0.05) is 29.6 Å². The second kappa shape index (κ2) is 7.85. The highest BCUT2D eigenvalue weighted by Crippen LogP contribution is 2.50. The molecule has 1 atom stereocenters. The Morgan fingerprint density at radius 2 is 1.97 bits per heavy atom. The average Bonchev–Trinajstić information content (AvgIpc) is 3.17. The molecular formula is C20H26F2N2O5. The van der Waals surface area contributed by atoms with Gasteiger partial charge < -0.3 is 19.3 Å². The number of carbonyl (C=O) groups is 1. The number of rotatable bonds is 9. The molecule has 0 spiro atoms. The van der Waals surface area contributed by atoms with Crippen LogP contribution in [0.25, 0.3) is 11.4 Å². The van der Waals surface area contributed by atoms with Gasteiger partial charge in [-0.3, -0.25) is 4.79 Å². The van der Waals surface area contributed by atoms with Crippen molar-refractivity contribution < 1.29 is 32.8 Å². The van der Waals surface area contributed by atoms with Crippen molar-refractivity contribution >= 4 is 5.97 Å². The summed E-state index contributed by atoms with van der Waals surface area (Å²) in [4.78, 5) is 11.3. The van der Waals surface area contributed by atoms with Gasteiger partial charge in [-0.25, -0.2) is 0 Å². The van der Waals surface area contributed by atoms with Crippen LogP contribution in [0.4, 0.5) is 8.78 Å². The minimum atomic E-state index is -3.22. The van der Waals surface area contributed by atoms with Gasteiger partial charge in [0.15, 0.2) is 0 Å². The lowest BCUT2D eigenvalue weighted by Crippen LogP contribution is -2.30. The number of aromatic nitrogens is 2. The molecule has 1 aliphatic carbocycles. The van der Waals surface area contributed by atoms with Gasteiger partial charge in [-0.2, -0.15) is 8.78 Å². The van der Waals surface area contributed by atoms with Crippen LogP contribution in [0.5, 0.6) is 0 Å². The number of halogens is 2. The van der Waals surface area contributed by atoms with E-state index in [-0.39, 0.29) is 24.6 Å². The van der Waals surface area contributed by atoms with Gasteiger partial charge >= 0.3 is 11.9 Å². The molecule has 3 rings (SSSR count). The quantitative estimate of drug-likeness (QED) is 0.615. The number of aliphatic hydroxyl groups is 1. The fraction of sp³-hybridized carbons (Fsp3) is 0.650. The van der Waals surface area contributed by atoms with Crippen molar-refractivity contribution in [3.63, 3.8) is 0 Å². The van der Waals surface area contributed by atoms with Gasteiger partial charge in [0.05, 0.1) is 6.42 Å². The smallest absolute Gasteiger partial charge is 0.312 e. The Balaban J connectivity index is 1.99. The van der Waals surface area contributed by atoms with Crippen LogP contribution in [-0.2, 0) is 10.7 Å². The maximum absolute atomic E-state index is 14.6. The first-order valence-corrected chi connectivity index (χ1v) is 9.73. The summed E-state index contributed by atoms with van der Waals surface area (Å²) >= 11 is 0. The van der Waals surface area contributed by atoms with E-state index in [4.69, 9.17) is 14.2 Å². The van der Waals surface area contributed by atoms with Gasteiger partial charge in [-0.1, -0.05) is 31.1 Å². The topological polar surface area (TPSA) is 110 Å². The van der Waals surface area contributed by atoms with E-state index in [0.717, 1.165) is 12.8 Å². The molecule has 0 radical (unpaired) electrons. The Morgan fingerprint density at radius 1 is 1.28 bits per heavy atom. The standard InChI is InChI=1S/C20H26F2N2O5/c1-19(2,3)20(21,22)14-10-13(23-28-14)17-16(11-6-7-11)18(29-24-17)12(5-4-8-25)9-15(26)27/h10-12,25H,4-9H2,1-3H3,(H,26,27)/t12-/m0/s1. The second-order valence-electron chi connectivity index (χ2n) is 8.64. The van der Waals surface area contributed by atoms with Crippen LogP contribution in [-0.4, -0.2) is 33.1 Å². The zero-order valence-corrected chi connectivity index (χ0v) is 16.7. The molecular weight excluding hydrogens is 386 g/mol. The van der Waals surface area contributed by atoms with E-state index >= 15 is 0 Å². The molecule has 0 aliphatic heterocycles. The third kappa shape index (κ3) is 4.34. The Hall–Kier alpha value is -2.29. The molecule has 0 bridgehead atoms. The monoisotopic (exact) mass is 412 g/mol. The van der Waals surface area contributed by atoms with Crippen molar-refractivity contribution in [2.24, 2.45) is 5.41 Å². The maximum Gasteiger partial charge on any atom is 0.312 e. The minimum Gasteiger partial charge on any atom is -0.481 e. The Bertz CT molecular complexity index is 865. The first kappa shape index (κ1) is 21.4. The minimum absolute atomic E-state index is 0.0651. The highest BCUT2D eigenvalue weighted by Gasteiger charge is 2.48. The summed E-state index contributed by atoms with van der Waals surface area (Å²) in [6.07, 6.45) is 2.43. The molecule has 0 unspecified atom stereocenters. The Labute approximate surface area is 167 Å². The Morgan fingerprint density at radius 3 is 2.52 bits per heavy atom. The number of aliphatic carboxylic acids is 1. The number of hydrogen-bond acceptors (Lipinski definition) is 6. The van der Waals surface area contributed by atoms with Crippen LogP contribution in [0.15, 0.2) is 15.1 Å². The van der Waals surface area contributed by atoms with Crippen LogP contribution in [0.1, 0.15) is 81.8 Å². The van der Waals surface area contributed by atoms with E-state index in [9.17, 15) is 18.7 Å². The summed E-state index contributed by atoms with van der Waals surface area (Å²) in [6.45, 7) is 4.18. The van der Waals surface area contributed by atoms with Crippen molar-refractivity contribution in [1.82, 2.24) is 10.3 Å². The lowest BCUT2D eigenvalue weighted by atomic mass is 9.86. The number of carboxylic acid groups (broad SMARTS) is 1. The van der Waals surface area contributed by atoms with Crippen molar-refractivity contribution in [3.05, 3.63) is 23.2 Å². The molecule has 2 N–H and O–H groups in total. The van der Waals surface area contributed by atoms with Crippen molar-refractivity contribution in [2.45, 2.75) is 70.6 Å². The van der Waals surface area contributed by atoms with E-state index in [2.05, 4.69) is 10.3 Å². The van der Waals surface area contributed by atoms with E-state index in [0.29, 0.717) is 29.9 Å². The molecule has 0 saturated heterocycles. The predicted molar refractivity (Wildman–Crippen MR) is 98.6 cm³/mol. The first-order valence-electron chi connectivity index (χ1n) is 9.73. The highest BCUT2D eigenvalue weighted by molar-refractivity contribution is 5.69. The molecule has 0 amide bonds. The summed E-state index contributed by atoms with van der Waals surface area (Å²) < 4.78 is 39.7. The van der Waals surface area contributed by atoms with Crippen LogP contribution in [0, 0.1) is 5.41 Å². The highest BCUT2D eigenvalue weighted by atomic mass is 19.3. The average molecular weight is 412 g/mol. The number of carboxylic acids is 1. The van der Waals surface area contributed by atoms with Crippen molar-refractivity contribution in [1.29, 1.82) is 0 Å². The zero-order chi connectivity index (χ0) is 21.4. The molecule has 29 heavy (non-hydrogen) atoms. The van der Waals surface area contributed by atoms with Crippen molar-refractivity contribution in [3.8, 4) is 11.4 Å². The number of aliphatic hydroxyl groups excluding tert-OH is 1. The maximum atomic E-state index is 14.6. The van der Waals surface area contributed by atoms with Gasteiger partial charge in [-0.05, 0) is 31.6 Å². The fourth-order valence-electron chi connectivity index (χ4n) is 3.33. The van der Waals surface area contributed by atoms with Crippen LogP contribution >= 0.6 is 0 Å². The van der Waals surface area contributed by atoms with E-state index < -0.39 is 29.0 Å². The van der Waals surface area contributed by atoms with Gasteiger partial charge in [0.2, 0.25) is 5.76 Å². The number of hydrogen-bond donors (Lipinski definition) is 2. The molecule has 1 saturated carbocycles. The number of alkyl halides is 2. The summed E-state index contributed by atoms with van der Waals surface area (Å²) in [5.74, 6) is -4.66. The molecule has 9 heteroatoms. The van der Waals surface area contributed by atoms with Crippen LogP contribution < -0.4 is 0 Å². The largest absolute Gasteiger partial charge is 0.481 e. The lowest BCUT2D eigenvalue weighted by molar-refractivity contribution is -0.137. The molecule has 2 heterocycles. The van der Waals surface area contributed by atoms with Crippen LogP contribution in [0.3, 0.4) is 0 Å². The molecule has 7 nitrogen and oxygen atoms in total. The number of nitrogens with zero attached hydrogens (tertiary/aromatic N) is 2. The van der Waals surface area contributed by atoms with Gasteiger partial charge in [0.1, 0.15) is 17.1 Å².